The largest absolute Gasteiger partial charge is 0.341 e. The van der Waals surface area contributed by atoms with Crippen molar-refractivity contribution in [3.63, 3.8) is 0 Å². The van der Waals surface area contributed by atoms with Gasteiger partial charge in [0.2, 0.25) is 21.1 Å². The number of aromatic nitrogens is 4. The molecule has 3 aromatic rings. The van der Waals surface area contributed by atoms with Crippen molar-refractivity contribution in [2.24, 2.45) is 0 Å². The molecule has 33 heavy (non-hydrogen) atoms. The van der Waals surface area contributed by atoms with Crippen LogP contribution in [0, 0.1) is 20.8 Å². The van der Waals surface area contributed by atoms with Crippen molar-refractivity contribution in [1.29, 1.82) is 0 Å². The molecule has 1 aromatic carbocycles. The molecule has 1 aliphatic rings. The Kier molecular flexibility index (Phi) is 6.73. The molecule has 0 radical (unpaired) electrons. The molecular weight excluding hydrogens is 460 g/mol. The Morgan fingerprint density at radius 1 is 1.03 bits per heavy atom. The molecule has 0 spiro atoms. The van der Waals surface area contributed by atoms with Gasteiger partial charge in [-0.3, -0.25) is 4.79 Å². The quantitative estimate of drug-likeness (QED) is 0.508. The highest BCUT2D eigenvalue weighted by Crippen LogP contribution is 2.20. The molecule has 1 aliphatic heterocycles. The van der Waals surface area contributed by atoms with Crippen LogP contribution in [-0.4, -0.2) is 75.5 Å². The van der Waals surface area contributed by atoms with Gasteiger partial charge in [-0.2, -0.15) is 9.29 Å². The van der Waals surface area contributed by atoms with E-state index in [4.69, 9.17) is 0 Å². The van der Waals surface area contributed by atoms with Crippen LogP contribution >= 0.6 is 11.8 Å². The second-order valence-electron chi connectivity index (χ2n) is 8.20. The Morgan fingerprint density at radius 3 is 2.45 bits per heavy atom. The van der Waals surface area contributed by atoms with Crippen LogP contribution in [0.1, 0.15) is 28.9 Å². The van der Waals surface area contributed by atoms with Crippen LogP contribution in [0.4, 0.5) is 0 Å². The number of nitrogens with zero attached hydrogens (tertiary/aromatic N) is 6. The van der Waals surface area contributed by atoms with Crippen molar-refractivity contribution < 1.29 is 13.2 Å². The van der Waals surface area contributed by atoms with Gasteiger partial charge in [0.25, 0.3) is 5.78 Å². The van der Waals surface area contributed by atoms with Crippen LogP contribution in [0.5, 0.6) is 0 Å². The lowest BCUT2D eigenvalue weighted by atomic mass is 10.1. The van der Waals surface area contributed by atoms with Gasteiger partial charge in [0.15, 0.2) is 0 Å². The second kappa shape index (κ2) is 9.40. The van der Waals surface area contributed by atoms with Gasteiger partial charge in [-0.15, -0.1) is 5.10 Å². The van der Waals surface area contributed by atoms with Crippen LogP contribution in [-0.2, 0) is 21.2 Å². The number of hydrogen-bond donors (Lipinski definition) is 0. The predicted molar refractivity (Wildman–Crippen MR) is 127 cm³/mol. The summed E-state index contributed by atoms with van der Waals surface area (Å²) < 4.78 is 29.3. The first kappa shape index (κ1) is 23.7. The molecule has 1 fully saturated rings. The maximum absolute atomic E-state index is 13.2. The summed E-state index contributed by atoms with van der Waals surface area (Å²) in [6.07, 6.45) is 2.69. The molecule has 0 saturated carbocycles. The number of benzene rings is 1. The van der Waals surface area contributed by atoms with E-state index in [1.165, 1.54) is 16.1 Å². The van der Waals surface area contributed by atoms with Gasteiger partial charge in [-0.05, 0) is 45.6 Å². The molecule has 1 saturated heterocycles. The minimum atomic E-state index is -3.58. The Balaban J connectivity index is 1.49. The van der Waals surface area contributed by atoms with Crippen molar-refractivity contribution in [3.8, 4) is 0 Å². The minimum absolute atomic E-state index is 0.0397. The maximum atomic E-state index is 13.2. The normalized spacial score (nSPS) is 15.7. The van der Waals surface area contributed by atoms with E-state index in [1.54, 1.807) is 33.7 Å². The number of amides is 1. The molecule has 3 heterocycles. The molecule has 1 amide bonds. The summed E-state index contributed by atoms with van der Waals surface area (Å²) in [5, 5.41) is 5.08. The van der Waals surface area contributed by atoms with E-state index >= 15 is 0 Å². The number of fused-ring (bicyclic) bond motifs is 1. The zero-order valence-corrected chi connectivity index (χ0v) is 20.9. The molecule has 0 unspecified atom stereocenters. The zero-order valence-electron chi connectivity index (χ0n) is 19.3. The smallest absolute Gasteiger partial charge is 0.253 e. The maximum Gasteiger partial charge on any atom is 0.253 e. The fraction of sp³-hybridized carbons (Fsp3) is 0.455. The van der Waals surface area contributed by atoms with E-state index < -0.39 is 10.0 Å². The van der Waals surface area contributed by atoms with E-state index in [0.29, 0.717) is 37.0 Å². The third kappa shape index (κ3) is 4.75. The lowest BCUT2D eigenvalue weighted by Crippen LogP contribution is -2.38. The number of carbonyl (C=O) groups excluding carboxylic acids is 1. The van der Waals surface area contributed by atoms with E-state index in [0.717, 1.165) is 22.5 Å². The molecule has 0 N–H and O–H groups in total. The first-order valence-electron chi connectivity index (χ1n) is 10.8. The van der Waals surface area contributed by atoms with E-state index in [9.17, 15) is 13.2 Å². The molecule has 0 aliphatic carbocycles. The van der Waals surface area contributed by atoms with Crippen molar-refractivity contribution >= 4 is 33.5 Å². The standard InChI is InChI=1S/C22H28N6O3S2/c1-15-6-8-18(9-7-15)33(30,31)27-11-5-10-26(12-13-27)20(29)14-19-16(2)23-21-24-22(32-4)25-28(21)17(19)3/h6-9H,5,10-14H2,1-4H3. The Labute approximate surface area is 198 Å². The molecule has 9 nitrogen and oxygen atoms in total. The minimum Gasteiger partial charge on any atom is -0.341 e. The summed E-state index contributed by atoms with van der Waals surface area (Å²) in [5.41, 5.74) is 3.44. The number of hydrogen-bond acceptors (Lipinski definition) is 7. The van der Waals surface area contributed by atoms with Crippen LogP contribution in [0.25, 0.3) is 5.78 Å². The van der Waals surface area contributed by atoms with Gasteiger partial charge in [0.1, 0.15) is 0 Å². The van der Waals surface area contributed by atoms with Gasteiger partial charge >= 0.3 is 0 Å². The van der Waals surface area contributed by atoms with E-state index in [2.05, 4.69) is 15.1 Å². The first-order valence-corrected chi connectivity index (χ1v) is 13.5. The highest BCUT2D eigenvalue weighted by molar-refractivity contribution is 7.98. The summed E-state index contributed by atoms with van der Waals surface area (Å²) in [6.45, 7) is 7.26. The fourth-order valence-electron chi connectivity index (χ4n) is 4.04. The Morgan fingerprint density at radius 2 is 1.76 bits per heavy atom. The summed E-state index contributed by atoms with van der Waals surface area (Å²) in [5.74, 6) is 0.486. The summed E-state index contributed by atoms with van der Waals surface area (Å²) in [6, 6.07) is 6.88. The molecule has 0 atom stereocenters. The third-order valence-corrected chi connectivity index (χ3v) is 8.46. The summed E-state index contributed by atoms with van der Waals surface area (Å²) >= 11 is 1.44. The van der Waals surface area contributed by atoms with Crippen LogP contribution < -0.4 is 0 Å². The number of carbonyl (C=O) groups is 1. The second-order valence-corrected chi connectivity index (χ2v) is 10.9. The van der Waals surface area contributed by atoms with Gasteiger partial charge < -0.3 is 4.90 Å². The molecule has 11 heteroatoms. The predicted octanol–water partition coefficient (Wildman–Crippen LogP) is 2.24. The molecule has 0 bridgehead atoms. The van der Waals surface area contributed by atoms with E-state index in [1.807, 2.05) is 27.0 Å². The zero-order chi connectivity index (χ0) is 23.8. The van der Waals surface area contributed by atoms with Crippen molar-refractivity contribution in [1.82, 2.24) is 28.8 Å². The number of sulfonamides is 1. The summed E-state index contributed by atoms with van der Waals surface area (Å²) in [7, 11) is -3.58. The Bertz CT molecular complexity index is 1290. The average molecular weight is 489 g/mol. The Hall–Kier alpha value is -2.50. The van der Waals surface area contributed by atoms with Crippen LogP contribution in [0.2, 0.25) is 0 Å². The van der Waals surface area contributed by atoms with Crippen LogP contribution in [0.15, 0.2) is 34.3 Å². The number of rotatable bonds is 5. The van der Waals surface area contributed by atoms with Crippen molar-refractivity contribution in [2.75, 3.05) is 32.4 Å². The highest BCUT2D eigenvalue weighted by atomic mass is 32.2. The monoisotopic (exact) mass is 488 g/mol. The molecule has 176 valence electrons. The number of aryl methyl sites for hydroxylation is 3. The lowest BCUT2D eigenvalue weighted by molar-refractivity contribution is -0.130. The highest BCUT2D eigenvalue weighted by Gasteiger charge is 2.28. The van der Waals surface area contributed by atoms with Gasteiger partial charge in [0, 0.05) is 43.1 Å². The first-order chi connectivity index (χ1) is 15.7. The SMILES string of the molecule is CSc1nc2nc(C)c(CC(=O)N3CCCN(S(=O)(=O)c4ccc(C)cc4)CC3)c(C)n2n1. The fourth-order valence-corrected chi connectivity index (χ4v) is 5.84. The van der Waals surface area contributed by atoms with Gasteiger partial charge in [-0.25, -0.2) is 17.9 Å². The van der Waals surface area contributed by atoms with Gasteiger partial charge in [0.05, 0.1) is 11.3 Å². The van der Waals surface area contributed by atoms with Crippen LogP contribution in [0.3, 0.4) is 0 Å². The molecule has 2 aromatic heterocycles. The molecule has 4 rings (SSSR count). The van der Waals surface area contributed by atoms with Crippen molar-refractivity contribution in [2.45, 2.75) is 43.7 Å². The number of thioether (sulfide) groups is 1. The topological polar surface area (TPSA) is 101 Å². The molecular formula is C22H28N6O3S2. The average Bonchev–Trinajstić information content (AvgIpc) is 3.03. The lowest BCUT2D eigenvalue weighted by Gasteiger charge is -2.22. The van der Waals surface area contributed by atoms with Crippen molar-refractivity contribution in [3.05, 3.63) is 46.8 Å². The van der Waals surface area contributed by atoms with E-state index in [-0.39, 0.29) is 23.8 Å². The summed E-state index contributed by atoms with van der Waals surface area (Å²) in [4.78, 5) is 24.1. The third-order valence-electron chi connectivity index (χ3n) is 6.01. The van der Waals surface area contributed by atoms with Gasteiger partial charge in [-0.1, -0.05) is 29.5 Å².